The first-order valence-electron chi connectivity index (χ1n) is 8.95. The van der Waals surface area contributed by atoms with Crippen LogP contribution in [0.1, 0.15) is 38.3 Å². The molecule has 1 aliphatic carbocycles. The van der Waals surface area contributed by atoms with Crippen LogP contribution in [0.15, 0.2) is 30.3 Å². The first-order chi connectivity index (χ1) is 12.8. The SMILES string of the molecule is C[C@H](NC(=O)COC(=O)CN1C(=O)N[C@@](C)(C2CC2)C1=O)c1ccccc1. The van der Waals surface area contributed by atoms with E-state index in [9.17, 15) is 19.2 Å². The van der Waals surface area contributed by atoms with E-state index in [4.69, 9.17) is 4.74 Å². The molecule has 0 aromatic heterocycles. The minimum atomic E-state index is -0.945. The van der Waals surface area contributed by atoms with Gasteiger partial charge in [-0.05, 0) is 38.2 Å². The maximum atomic E-state index is 12.5. The highest BCUT2D eigenvalue weighted by molar-refractivity contribution is 6.08. The summed E-state index contributed by atoms with van der Waals surface area (Å²) in [5, 5.41) is 5.38. The van der Waals surface area contributed by atoms with Crippen LogP contribution in [0.25, 0.3) is 0 Å². The maximum Gasteiger partial charge on any atom is 0.326 e. The number of nitrogens with zero attached hydrogens (tertiary/aromatic N) is 1. The average Bonchev–Trinajstić information content (AvgIpc) is 3.47. The molecule has 8 nitrogen and oxygen atoms in total. The van der Waals surface area contributed by atoms with E-state index in [1.54, 1.807) is 6.92 Å². The maximum absolute atomic E-state index is 12.5. The van der Waals surface area contributed by atoms with Gasteiger partial charge in [-0.1, -0.05) is 30.3 Å². The standard InChI is InChI=1S/C19H23N3O5/c1-12(13-6-4-3-5-7-13)20-15(23)11-27-16(24)10-22-17(25)19(2,14-8-9-14)21-18(22)26/h3-7,12,14H,8-11H2,1-2H3,(H,20,23)(H,21,26)/t12-,19-/m0/s1. The molecule has 8 heteroatoms. The molecule has 0 unspecified atom stereocenters. The lowest BCUT2D eigenvalue weighted by atomic mass is 9.96. The van der Waals surface area contributed by atoms with Gasteiger partial charge in [-0.2, -0.15) is 0 Å². The van der Waals surface area contributed by atoms with Gasteiger partial charge in [0, 0.05) is 0 Å². The lowest BCUT2D eigenvalue weighted by Crippen LogP contribution is -2.46. The van der Waals surface area contributed by atoms with Crippen LogP contribution in [0.5, 0.6) is 0 Å². The van der Waals surface area contributed by atoms with Crippen LogP contribution in [0, 0.1) is 5.92 Å². The summed E-state index contributed by atoms with van der Waals surface area (Å²) in [6.45, 7) is 2.52. The zero-order chi connectivity index (χ0) is 19.6. The van der Waals surface area contributed by atoms with Gasteiger partial charge in [0.15, 0.2) is 6.61 Å². The van der Waals surface area contributed by atoms with Crippen molar-refractivity contribution in [2.45, 2.75) is 38.3 Å². The van der Waals surface area contributed by atoms with E-state index >= 15 is 0 Å². The van der Waals surface area contributed by atoms with Crippen LogP contribution < -0.4 is 10.6 Å². The topological polar surface area (TPSA) is 105 Å². The predicted octanol–water partition coefficient (Wildman–Crippen LogP) is 1.13. The Morgan fingerprint density at radius 1 is 1.30 bits per heavy atom. The van der Waals surface area contributed by atoms with E-state index in [2.05, 4.69) is 10.6 Å². The summed E-state index contributed by atoms with van der Waals surface area (Å²) in [5.41, 5.74) is -0.0179. The Morgan fingerprint density at radius 2 is 1.96 bits per heavy atom. The molecule has 144 valence electrons. The minimum absolute atomic E-state index is 0.111. The molecule has 0 spiro atoms. The van der Waals surface area contributed by atoms with E-state index in [-0.39, 0.29) is 12.0 Å². The number of benzene rings is 1. The van der Waals surface area contributed by atoms with Crippen molar-refractivity contribution in [3.8, 4) is 0 Å². The molecule has 1 saturated carbocycles. The molecule has 1 aromatic carbocycles. The lowest BCUT2D eigenvalue weighted by Gasteiger charge is -2.20. The summed E-state index contributed by atoms with van der Waals surface area (Å²) in [6, 6.07) is 8.54. The van der Waals surface area contributed by atoms with Crippen LogP contribution in [-0.2, 0) is 19.1 Å². The molecule has 2 fully saturated rings. The van der Waals surface area contributed by atoms with Crippen molar-refractivity contribution in [2.75, 3.05) is 13.2 Å². The van der Waals surface area contributed by atoms with E-state index < -0.39 is 42.5 Å². The molecule has 2 N–H and O–H groups in total. The van der Waals surface area contributed by atoms with Gasteiger partial charge >= 0.3 is 12.0 Å². The second-order valence-electron chi connectivity index (χ2n) is 7.16. The molecule has 2 atom stereocenters. The van der Waals surface area contributed by atoms with Gasteiger partial charge in [0.1, 0.15) is 12.1 Å². The Morgan fingerprint density at radius 3 is 2.59 bits per heavy atom. The van der Waals surface area contributed by atoms with Crippen LogP contribution in [0.2, 0.25) is 0 Å². The molecule has 1 heterocycles. The third-order valence-corrected chi connectivity index (χ3v) is 5.02. The first-order valence-corrected chi connectivity index (χ1v) is 8.95. The highest BCUT2D eigenvalue weighted by atomic mass is 16.5. The quantitative estimate of drug-likeness (QED) is 0.551. The van der Waals surface area contributed by atoms with Crippen molar-refractivity contribution in [1.82, 2.24) is 15.5 Å². The van der Waals surface area contributed by atoms with Gasteiger partial charge in [0.25, 0.3) is 11.8 Å². The number of imide groups is 1. The third-order valence-electron chi connectivity index (χ3n) is 5.02. The largest absolute Gasteiger partial charge is 0.454 e. The number of amides is 4. The van der Waals surface area contributed by atoms with Gasteiger partial charge in [0.2, 0.25) is 0 Å². The molecule has 4 amide bonds. The predicted molar refractivity (Wildman–Crippen MR) is 95.3 cm³/mol. The first kappa shape index (κ1) is 18.9. The number of urea groups is 1. The fourth-order valence-electron chi connectivity index (χ4n) is 3.23. The molecule has 1 aromatic rings. The Kier molecular flexibility index (Phi) is 5.16. The van der Waals surface area contributed by atoms with Crippen molar-refractivity contribution in [3.05, 3.63) is 35.9 Å². The van der Waals surface area contributed by atoms with Crippen molar-refractivity contribution < 1.29 is 23.9 Å². The number of carbonyl (C=O) groups excluding carboxylic acids is 4. The molecule has 3 rings (SSSR count). The number of hydrogen-bond acceptors (Lipinski definition) is 5. The second kappa shape index (κ2) is 7.38. The van der Waals surface area contributed by atoms with Crippen LogP contribution in [0.4, 0.5) is 4.79 Å². The summed E-state index contributed by atoms with van der Waals surface area (Å²) in [7, 11) is 0. The minimum Gasteiger partial charge on any atom is -0.454 e. The second-order valence-corrected chi connectivity index (χ2v) is 7.16. The van der Waals surface area contributed by atoms with Crippen molar-refractivity contribution in [3.63, 3.8) is 0 Å². The van der Waals surface area contributed by atoms with Gasteiger partial charge in [-0.15, -0.1) is 0 Å². The summed E-state index contributed by atoms with van der Waals surface area (Å²) < 4.78 is 4.92. The Balaban J connectivity index is 1.46. The zero-order valence-corrected chi connectivity index (χ0v) is 15.4. The highest BCUT2D eigenvalue weighted by Gasteiger charge is 2.56. The Hall–Kier alpha value is -2.90. The van der Waals surface area contributed by atoms with Crippen molar-refractivity contribution in [1.29, 1.82) is 0 Å². The molecular weight excluding hydrogens is 350 g/mol. The van der Waals surface area contributed by atoms with Gasteiger partial charge in [-0.3, -0.25) is 19.3 Å². The average molecular weight is 373 g/mol. The van der Waals surface area contributed by atoms with Crippen LogP contribution >= 0.6 is 0 Å². The van der Waals surface area contributed by atoms with Crippen molar-refractivity contribution in [2.24, 2.45) is 5.92 Å². The number of carbonyl (C=O) groups is 4. The zero-order valence-electron chi connectivity index (χ0n) is 15.4. The van der Waals surface area contributed by atoms with E-state index in [1.807, 2.05) is 37.3 Å². The molecular formula is C19H23N3O5. The normalized spacial score (nSPS) is 23.0. The summed E-state index contributed by atoms with van der Waals surface area (Å²) in [5.74, 6) is -1.57. The van der Waals surface area contributed by atoms with E-state index in [0.29, 0.717) is 0 Å². The monoisotopic (exact) mass is 373 g/mol. The van der Waals surface area contributed by atoms with Crippen molar-refractivity contribution >= 4 is 23.8 Å². The number of hydrogen-bond donors (Lipinski definition) is 2. The fraction of sp³-hybridized carbons (Fsp3) is 0.474. The van der Waals surface area contributed by atoms with E-state index in [1.165, 1.54) is 0 Å². The summed E-state index contributed by atoms with van der Waals surface area (Å²) in [6.07, 6.45) is 1.75. The van der Waals surface area contributed by atoms with Gasteiger partial charge in [-0.25, -0.2) is 4.79 Å². The third kappa shape index (κ3) is 4.10. The lowest BCUT2D eigenvalue weighted by molar-refractivity contribution is -0.151. The number of rotatable bonds is 7. The number of esters is 1. The van der Waals surface area contributed by atoms with Gasteiger partial charge in [0.05, 0.1) is 6.04 Å². The smallest absolute Gasteiger partial charge is 0.326 e. The summed E-state index contributed by atoms with van der Waals surface area (Å²) >= 11 is 0. The molecule has 1 aliphatic heterocycles. The highest BCUT2D eigenvalue weighted by Crippen LogP contribution is 2.42. The van der Waals surface area contributed by atoms with E-state index in [0.717, 1.165) is 23.3 Å². The Bertz CT molecular complexity index is 762. The number of nitrogens with one attached hydrogen (secondary N) is 2. The molecule has 0 bridgehead atoms. The number of ether oxygens (including phenoxy) is 1. The molecule has 1 saturated heterocycles. The molecule has 27 heavy (non-hydrogen) atoms. The summed E-state index contributed by atoms with van der Waals surface area (Å²) in [4.78, 5) is 49.2. The molecule has 0 radical (unpaired) electrons. The van der Waals surface area contributed by atoms with Crippen LogP contribution in [0.3, 0.4) is 0 Å². The Labute approximate surface area is 157 Å². The fourth-order valence-corrected chi connectivity index (χ4v) is 3.23. The van der Waals surface area contributed by atoms with Gasteiger partial charge < -0.3 is 15.4 Å². The van der Waals surface area contributed by atoms with Crippen LogP contribution in [-0.4, -0.2) is 47.4 Å². The molecule has 2 aliphatic rings.